The van der Waals surface area contributed by atoms with Crippen molar-refractivity contribution in [1.29, 1.82) is 0 Å². The molecule has 0 aliphatic rings. The molecule has 0 amide bonds. The van der Waals surface area contributed by atoms with Gasteiger partial charge in [-0.05, 0) is 19.1 Å². The molecular weight excluding hydrogens is 362 g/mol. The van der Waals surface area contributed by atoms with Gasteiger partial charge in [0.1, 0.15) is 16.0 Å². The topological polar surface area (TPSA) is 57.0 Å². The Kier molecular flexibility index (Phi) is 4.41. The zero-order valence-corrected chi connectivity index (χ0v) is 15.7. The first-order valence-corrected chi connectivity index (χ1v) is 9.35. The Balaban J connectivity index is 2.02. The lowest BCUT2D eigenvalue weighted by Gasteiger charge is -2.05. The average molecular weight is 379 g/mol. The van der Waals surface area contributed by atoms with Crippen LogP contribution in [-0.4, -0.2) is 29.9 Å². The number of esters is 1. The van der Waals surface area contributed by atoms with E-state index in [1.54, 1.807) is 19.1 Å². The van der Waals surface area contributed by atoms with E-state index in [0.717, 1.165) is 5.52 Å². The van der Waals surface area contributed by atoms with Gasteiger partial charge < -0.3 is 13.9 Å². The number of methoxy groups -OCH3 is 1. The molecule has 0 spiro atoms. The minimum Gasteiger partial charge on any atom is -0.493 e. The summed E-state index contributed by atoms with van der Waals surface area (Å²) in [5.74, 6) is -0.0624. The number of fused-ring (bicyclic) bond motifs is 3. The summed E-state index contributed by atoms with van der Waals surface area (Å²) >= 11 is 1.26. The summed E-state index contributed by atoms with van der Waals surface area (Å²) < 4.78 is 13.4. The molecule has 136 valence electrons. The molecule has 0 N–H and O–H groups in total. The summed E-state index contributed by atoms with van der Waals surface area (Å²) in [6, 6.07) is 14.6. The number of aromatic nitrogens is 1. The van der Waals surface area contributed by atoms with Crippen molar-refractivity contribution in [1.82, 2.24) is 4.40 Å². The van der Waals surface area contributed by atoms with Crippen LogP contribution in [-0.2, 0) is 4.74 Å². The zero-order valence-electron chi connectivity index (χ0n) is 14.9. The van der Waals surface area contributed by atoms with Crippen LogP contribution in [0.1, 0.15) is 32.5 Å². The zero-order chi connectivity index (χ0) is 19.0. The highest BCUT2D eigenvalue weighted by Crippen LogP contribution is 2.43. The van der Waals surface area contributed by atoms with Crippen molar-refractivity contribution in [3.05, 3.63) is 70.7 Å². The number of ketones is 1. The number of nitrogens with zero attached hydrogens (tertiary/aromatic N) is 1. The van der Waals surface area contributed by atoms with Crippen LogP contribution in [0, 0.1) is 0 Å². The highest BCUT2D eigenvalue weighted by Gasteiger charge is 2.29. The van der Waals surface area contributed by atoms with E-state index >= 15 is 0 Å². The maximum absolute atomic E-state index is 13.0. The molecule has 0 radical (unpaired) electrons. The molecule has 6 heteroatoms. The number of benzene rings is 1. The SMILES string of the molecule is CCOC(=O)c1c2sc(C(=O)c3ccccc3)c(OC)c2n2ccccc12. The quantitative estimate of drug-likeness (QED) is 0.376. The maximum Gasteiger partial charge on any atom is 0.341 e. The first kappa shape index (κ1) is 17.3. The minimum absolute atomic E-state index is 0.131. The number of hydrogen-bond acceptors (Lipinski definition) is 5. The van der Waals surface area contributed by atoms with Crippen LogP contribution in [0.15, 0.2) is 54.7 Å². The Bertz CT molecular complexity index is 1160. The average Bonchev–Trinajstić information content (AvgIpc) is 3.22. The molecular formula is C21H17NO4S. The van der Waals surface area contributed by atoms with Crippen LogP contribution in [0.3, 0.4) is 0 Å². The third kappa shape index (κ3) is 2.69. The number of hydrogen-bond donors (Lipinski definition) is 0. The number of carbonyl (C=O) groups is 2. The van der Waals surface area contributed by atoms with Gasteiger partial charge in [-0.2, -0.15) is 0 Å². The molecule has 5 nitrogen and oxygen atoms in total. The van der Waals surface area contributed by atoms with Crippen molar-refractivity contribution in [2.75, 3.05) is 13.7 Å². The van der Waals surface area contributed by atoms with Gasteiger partial charge >= 0.3 is 5.97 Å². The molecule has 0 bridgehead atoms. The van der Waals surface area contributed by atoms with Crippen LogP contribution >= 0.6 is 11.3 Å². The molecule has 4 aromatic rings. The van der Waals surface area contributed by atoms with Gasteiger partial charge in [-0.25, -0.2) is 4.79 Å². The molecule has 0 aliphatic carbocycles. The van der Waals surface area contributed by atoms with Crippen LogP contribution in [0.2, 0.25) is 0 Å². The van der Waals surface area contributed by atoms with Crippen molar-refractivity contribution in [3.63, 3.8) is 0 Å². The molecule has 0 saturated heterocycles. The second kappa shape index (κ2) is 6.89. The lowest BCUT2D eigenvalue weighted by Crippen LogP contribution is -2.04. The standard InChI is InChI=1S/C21H17NO4S/c1-3-26-21(24)15-14-11-7-8-12-22(14)16-18(25-2)20(27-19(15)16)17(23)13-9-5-4-6-10-13/h4-12H,3H2,1-2H3. The molecule has 27 heavy (non-hydrogen) atoms. The van der Waals surface area contributed by atoms with Gasteiger partial charge in [-0.3, -0.25) is 4.79 Å². The van der Waals surface area contributed by atoms with Crippen molar-refractivity contribution in [2.24, 2.45) is 0 Å². The molecule has 0 aliphatic heterocycles. The molecule has 0 unspecified atom stereocenters. The smallest absolute Gasteiger partial charge is 0.341 e. The molecule has 1 aromatic carbocycles. The number of thiophene rings is 1. The number of carbonyl (C=O) groups excluding carboxylic acids is 2. The first-order chi connectivity index (χ1) is 13.2. The Hall–Kier alpha value is -3.12. The Morgan fingerprint density at radius 3 is 2.52 bits per heavy atom. The van der Waals surface area contributed by atoms with Gasteiger partial charge in [0.2, 0.25) is 5.78 Å². The largest absolute Gasteiger partial charge is 0.493 e. The summed E-state index contributed by atoms with van der Waals surface area (Å²) in [6.45, 7) is 2.05. The van der Waals surface area contributed by atoms with Crippen molar-refractivity contribution < 1.29 is 19.1 Å². The molecule has 0 saturated carbocycles. The normalized spacial score (nSPS) is 11.0. The summed E-state index contributed by atoms with van der Waals surface area (Å²) in [5.41, 5.74) is 2.48. The van der Waals surface area contributed by atoms with E-state index in [1.165, 1.54) is 18.4 Å². The Labute approximate surface area is 159 Å². The van der Waals surface area contributed by atoms with Crippen molar-refractivity contribution in [2.45, 2.75) is 6.92 Å². The predicted molar refractivity (Wildman–Crippen MR) is 105 cm³/mol. The highest BCUT2D eigenvalue weighted by atomic mass is 32.1. The summed E-state index contributed by atoms with van der Waals surface area (Å²) in [6.07, 6.45) is 1.85. The Morgan fingerprint density at radius 2 is 1.81 bits per heavy atom. The van der Waals surface area contributed by atoms with Crippen molar-refractivity contribution in [3.8, 4) is 5.75 Å². The van der Waals surface area contributed by atoms with Gasteiger partial charge in [0.25, 0.3) is 0 Å². The second-order valence-corrected chi connectivity index (χ2v) is 6.91. The van der Waals surface area contributed by atoms with Gasteiger partial charge in [0.15, 0.2) is 5.75 Å². The van der Waals surface area contributed by atoms with Gasteiger partial charge in [-0.1, -0.05) is 36.4 Å². The van der Waals surface area contributed by atoms with E-state index in [9.17, 15) is 9.59 Å². The fourth-order valence-corrected chi connectivity index (χ4v) is 4.48. The molecule has 4 rings (SSSR count). The monoisotopic (exact) mass is 379 g/mol. The van der Waals surface area contributed by atoms with Crippen LogP contribution in [0.4, 0.5) is 0 Å². The fraction of sp³-hybridized carbons (Fsp3) is 0.143. The molecule has 3 heterocycles. The molecule has 0 fully saturated rings. The van der Waals surface area contributed by atoms with E-state index in [0.29, 0.717) is 32.0 Å². The van der Waals surface area contributed by atoms with Crippen LogP contribution in [0.5, 0.6) is 5.75 Å². The predicted octanol–water partition coefficient (Wildman–Crippen LogP) is 4.57. The lowest BCUT2D eigenvalue weighted by molar-refractivity contribution is 0.0531. The number of rotatable bonds is 5. The number of ether oxygens (including phenoxy) is 2. The van der Waals surface area contributed by atoms with E-state index in [1.807, 2.05) is 47.0 Å². The summed E-state index contributed by atoms with van der Waals surface area (Å²) in [7, 11) is 1.54. The van der Waals surface area contributed by atoms with E-state index in [2.05, 4.69) is 0 Å². The first-order valence-electron chi connectivity index (χ1n) is 8.53. The third-order valence-electron chi connectivity index (χ3n) is 4.35. The van der Waals surface area contributed by atoms with E-state index in [4.69, 9.17) is 9.47 Å². The second-order valence-electron chi connectivity index (χ2n) is 5.89. The molecule has 0 atom stereocenters. The van der Waals surface area contributed by atoms with Gasteiger partial charge in [0, 0.05) is 11.8 Å². The lowest BCUT2D eigenvalue weighted by atomic mass is 10.1. The summed E-state index contributed by atoms with van der Waals surface area (Å²) in [5, 5.41) is 0. The highest BCUT2D eigenvalue weighted by molar-refractivity contribution is 7.22. The van der Waals surface area contributed by atoms with Crippen molar-refractivity contribution >= 4 is 38.8 Å². The van der Waals surface area contributed by atoms with E-state index < -0.39 is 5.97 Å². The van der Waals surface area contributed by atoms with Gasteiger partial charge in [0.05, 0.1) is 23.9 Å². The molecule has 3 aromatic heterocycles. The summed E-state index contributed by atoms with van der Waals surface area (Å²) in [4.78, 5) is 26.1. The van der Waals surface area contributed by atoms with E-state index in [-0.39, 0.29) is 12.4 Å². The van der Waals surface area contributed by atoms with Crippen LogP contribution < -0.4 is 4.74 Å². The third-order valence-corrected chi connectivity index (χ3v) is 5.53. The van der Waals surface area contributed by atoms with Gasteiger partial charge in [-0.15, -0.1) is 11.3 Å². The minimum atomic E-state index is -0.404. The fourth-order valence-electron chi connectivity index (χ4n) is 3.21. The maximum atomic E-state index is 13.0. The van der Waals surface area contributed by atoms with Crippen LogP contribution in [0.25, 0.3) is 15.7 Å². The Morgan fingerprint density at radius 1 is 1.07 bits per heavy atom. The number of pyridine rings is 1.